The molecular weight excluding hydrogens is 504 g/mol. The zero-order valence-electron chi connectivity index (χ0n) is 20.3. The molecule has 0 aliphatic carbocycles. The zero-order valence-corrected chi connectivity index (χ0v) is 20.3. The Hall–Kier alpha value is -3.02. The lowest BCUT2D eigenvalue weighted by Gasteiger charge is -2.36. The van der Waals surface area contributed by atoms with Gasteiger partial charge in [0.15, 0.2) is 0 Å². The fourth-order valence-corrected chi connectivity index (χ4v) is 4.88. The number of cyclic esters (lactones) is 1. The van der Waals surface area contributed by atoms with Crippen molar-refractivity contribution in [2.75, 3.05) is 24.7 Å². The molecule has 2 saturated heterocycles. The van der Waals surface area contributed by atoms with Gasteiger partial charge in [-0.15, -0.1) is 0 Å². The third-order valence-electron chi connectivity index (χ3n) is 6.78. The van der Waals surface area contributed by atoms with Gasteiger partial charge in [0.25, 0.3) is 0 Å². The lowest BCUT2D eigenvalue weighted by atomic mass is 9.97. The van der Waals surface area contributed by atoms with Crippen molar-refractivity contribution in [3.63, 3.8) is 0 Å². The van der Waals surface area contributed by atoms with Crippen LogP contribution in [0.4, 0.5) is 37.0 Å². The molecule has 1 amide bonds. The number of carbonyl (C=O) groups is 1. The van der Waals surface area contributed by atoms with Crippen molar-refractivity contribution in [2.24, 2.45) is 0 Å². The lowest BCUT2D eigenvalue weighted by molar-refractivity contribution is -0.143. The monoisotopic (exact) mass is 531 g/mol. The highest BCUT2D eigenvalue weighted by Gasteiger charge is 2.43. The summed E-state index contributed by atoms with van der Waals surface area (Å²) in [4.78, 5) is 20.8. The molecule has 2 aliphatic rings. The highest BCUT2D eigenvalue weighted by atomic mass is 19.4. The molecule has 2 fully saturated rings. The third-order valence-corrected chi connectivity index (χ3v) is 6.78. The summed E-state index contributed by atoms with van der Waals surface area (Å²) in [6.07, 6.45) is -8.88. The van der Waals surface area contributed by atoms with Crippen molar-refractivity contribution in [2.45, 2.75) is 63.8 Å². The van der Waals surface area contributed by atoms with Crippen molar-refractivity contribution in [1.29, 1.82) is 0 Å². The number of amides is 1. The smallest absolute Gasteiger partial charge is 0.416 e. The molecule has 1 aromatic heterocycles. The van der Waals surface area contributed by atoms with E-state index in [1.807, 2.05) is 6.92 Å². The van der Waals surface area contributed by atoms with Crippen LogP contribution < -0.4 is 4.90 Å². The minimum atomic E-state index is -5.00. The number of hydrogen-bond acceptors (Lipinski definition) is 5. The van der Waals surface area contributed by atoms with Crippen LogP contribution in [0.3, 0.4) is 0 Å². The first-order chi connectivity index (χ1) is 17.4. The second kappa shape index (κ2) is 10.4. The Bertz CT molecular complexity index is 1090. The summed E-state index contributed by atoms with van der Waals surface area (Å²) in [5.41, 5.74) is -2.58. The second-order valence-electron chi connectivity index (χ2n) is 9.13. The maximum atomic E-state index is 13.4. The van der Waals surface area contributed by atoms with Gasteiger partial charge in [-0.05, 0) is 56.5 Å². The van der Waals surface area contributed by atoms with Crippen molar-refractivity contribution in [3.05, 3.63) is 58.8 Å². The van der Waals surface area contributed by atoms with Gasteiger partial charge in [-0.3, -0.25) is 4.90 Å². The van der Waals surface area contributed by atoms with Crippen molar-refractivity contribution >= 4 is 11.9 Å². The number of anilines is 1. The lowest BCUT2D eigenvalue weighted by Crippen LogP contribution is -2.41. The number of aromatic nitrogens is 1. The maximum Gasteiger partial charge on any atom is 0.416 e. The number of nitrogens with zero attached hydrogens (tertiary/aromatic N) is 3. The maximum absolute atomic E-state index is 13.4. The van der Waals surface area contributed by atoms with Gasteiger partial charge in [0.05, 0.1) is 23.7 Å². The summed E-state index contributed by atoms with van der Waals surface area (Å²) in [5, 5.41) is 0. The minimum absolute atomic E-state index is 0.0322. The van der Waals surface area contributed by atoms with Gasteiger partial charge >= 0.3 is 18.4 Å². The Balaban J connectivity index is 1.63. The molecule has 0 radical (unpaired) electrons. The van der Waals surface area contributed by atoms with Gasteiger partial charge in [-0.1, -0.05) is 6.07 Å². The van der Waals surface area contributed by atoms with Gasteiger partial charge in [0, 0.05) is 37.6 Å². The van der Waals surface area contributed by atoms with E-state index in [-0.39, 0.29) is 24.2 Å². The standard InChI is InChI=1S/C25H27F6N3O3/c1-3-33(20-6-9-36-10-7-20)22-16(5-4-8-32-22)14-34-15(2)21(37-23(34)35)17-11-18(24(26,27)28)13-19(12-17)25(29,30)31/h4-5,8,11-13,15,20-21H,3,6-7,9-10,14H2,1-2H3/t15-,21-/m0/s1. The van der Waals surface area contributed by atoms with Crippen LogP contribution in [0, 0.1) is 0 Å². The second-order valence-corrected chi connectivity index (χ2v) is 9.13. The number of benzene rings is 1. The minimum Gasteiger partial charge on any atom is -0.439 e. The molecule has 0 saturated carbocycles. The summed E-state index contributed by atoms with van der Waals surface area (Å²) >= 11 is 0. The summed E-state index contributed by atoms with van der Waals surface area (Å²) in [7, 11) is 0. The van der Waals surface area contributed by atoms with Gasteiger partial charge in [0.2, 0.25) is 0 Å². The number of alkyl halides is 6. The predicted octanol–water partition coefficient (Wildman–Crippen LogP) is 6.21. The highest BCUT2D eigenvalue weighted by Crippen LogP contribution is 2.41. The number of hydrogen-bond donors (Lipinski definition) is 0. The molecule has 12 heteroatoms. The molecule has 4 rings (SSSR count). The zero-order chi connectivity index (χ0) is 27.0. The average molecular weight is 531 g/mol. The molecule has 2 aromatic rings. The number of halogens is 6. The molecule has 2 atom stereocenters. The fraction of sp³-hybridized carbons (Fsp3) is 0.520. The van der Waals surface area contributed by atoms with Crippen LogP contribution >= 0.6 is 0 Å². The number of ether oxygens (including phenoxy) is 2. The van der Waals surface area contributed by atoms with Crippen molar-refractivity contribution in [3.8, 4) is 0 Å². The van der Waals surface area contributed by atoms with Crippen LogP contribution in [-0.4, -0.2) is 47.8 Å². The number of pyridine rings is 1. The van der Waals surface area contributed by atoms with E-state index in [4.69, 9.17) is 9.47 Å². The van der Waals surface area contributed by atoms with Crippen molar-refractivity contribution < 1.29 is 40.6 Å². The molecule has 202 valence electrons. The Morgan fingerprint density at radius 2 is 1.68 bits per heavy atom. The van der Waals surface area contributed by atoms with Crippen LogP contribution in [-0.2, 0) is 28.4 Å². The molecular formula is C25H27F6N3O3. The number of rotatable bonds is 6. The molecule has 0 N–H and O–H groups in total. The summed E-state index contributed by atoms with van der Waals surface area (Å²) in [6, 6.07) is 4.13. The highest BCUT2D eigenvalue weighted by molar-refractivity contribution is 5.71. The normalized spacial score (nSPS) is 21.3. The molecule has 0 spiro atoms. The summed E-state index contributed by atoms with van der Waals surface area (Å²) < 4.78 is 91.0. The van der Waals surface area contributed by atoms with Gasteiger partial charge < -0.3 is 14.4 Å². The first kappa shape index (κ1) is 27.0. The predicted molar refractivity (Wildman–Crippen MR) is 122 cm³/mol. The van der Waals surface area contributed by atoms with E-state index in [9.17, 15) is 31.1 Å². The van der Waals surface area contributed by atoms with E-state index in [0.29, 0.717) is 43.3 Å². The van der Waals surface area contributed by atoms with E-state index < -0.39 is 41.7 Å². The van der Waals surface area contributed by atoms with Crippen LogP contribution in [0.1, 0.15) is 55.0 Å². The van der Waals surface area contributed by atoms with E-state index in [1.54, 1.807) is 18.3 Å². The van der Waals surface area contributed by atoms with Crippen LogP contribution in [0.5, 0.6) is 0 Å². The molecule has 1 aromatic carbocycles. The Labute approximate surface area is 210 Å². The summed E-state index contributed by atoms with van der Waals surface area (Å²) in [5.74, 6) is 0.666. The van der Waals surface area contributed by atoms with Gasteiger partial charge in [-0.25, -0.2) is 9.78 Å². The quantitative estimate of drug-likeness (QED) is 0.415. The van der Waals surface area contributed by atoms with Crippen LogP contribution in [0.15, 0.2) is 36.5 Å². The third kappa shape index (κ3) is 5.78. The number of carbonyl (C=O) groups excluding carboxylic acids is 1. The van der Waals surface area contributed by atoms with E-state index in [1.165, 1.54) is 11.8 Å². The molecule has 0 bridgehead atoms. The van der Waals surface area contributed by atoms with Crippen molar-refractivity contribution in [1.82, 2.24) is 9.88 Å². The summed E-state index contributed by atoms with van der Waals surface area (Å²) in [6.45, 7) is 5.46. The first-order valence-corrected chi connectivity index (χ1v) is 11.9. The molecule has 0 unspecified atom stereocenters. The van der Waals surface area contributed by atoms with E-state index in [2.05, 4.69) is 9.88 Å². The molecule has 6 nitrogen and oxygen atoms in total. The van der Waals surface area contributed by atoms with Crippen LogP contribution in [0.2, 0.25) is 0 Å². The Morgan fingerprint density at radius 1 is 1.05 bits per heavy atom. The van der Waals surface area contributed by atoms with Gasteiger partial charge in [-0.2, -0.15) is 26.3 Å². The van der Waals surface area contributed by atoms with Gasteiger partial charge in [0.1, 0.15) is 11.9 Å². The Morgan fingerprint density at radius 3 is 2.24 bits per heavy atom. The largest absolute Gasteiger partial charge is 0.439 e. The Kier molecular flexibility index (Phi) is 7.59. The molecule has 2 aliphatic heterocycles. The average Bonchev–Trinajstić information content (AvgIpc) is 3.13. The van der Waals surface area contributed by atoms with E-state index >= 15 is 0 Å². The molecule has 3 heterocycles. The SMILES string of the molecule is CCN(c1ncccc1CN1C(=O)O[C@H](c2cc(C(F)(F)F)cc(C(F)(F)F)c2)[C@@H]1C)C1CCOCC1. The van der Waals surface area contributed by atoms with Crippen LogP contribution in [0.25, 0.3) is 0 Å². The van der Waals surface area contributed by atoms with E-state index in [0.717, 1.165) is 12.8 Å². The topological polar surface area (TPSA) is 54.9 Å². The first-order valence-electron chi connectivity index (χ1n) is 11.9. The fourth-order valence-electron chi connectivity index (χ4n) is 4.88. The molecule has 37 heavy (non-hydrogen) atoms.